The number of rotatable bonds is 12. The number of likely N-dealkylation sites (N-methyl/N-ethyl adjacent to an activating group) is 1. The van der Waals surface area contributed by atoms with Crippen molar-refractivity contribution in [1.82, 2.24) is 9.80 Å². The average Bonchev–Trinajstić information content (AvgIpc) is 3.07. The summed E-state index contributed by atoms with van der Waals surface area (Å²) in [7, 11) is -0.424. The minimum absolute atomic E-state index is 0.0541. The lowest BCUT2D eigenvalue weighted by molar-refractivity contribution is 0.0341. The van der Waals surface area contributed by atoms with Gasteiger partial charge in [-0.05, 0) is 86.3 Å². The van der Waals surface area contributed by atoms with Gasteiger partial charge < -0.3 is 24.2 Å². The Morgan fingerprint density at radius 2 is 1.64 bits per heavy atom. The van der Waals surface area contributed by atoms with E-state index in [1.807, 2.05) is 68.6 Å². The number of nitrogens with zero attached hydrogens (tertiary/aromatic N) is 2. The van der Waals surface area contributed by atoms with Crippen LogP contribution in [0.15, 0.2) is 102 Å². The molecule has 0 bridgehead atoms. The Labute approximate surface area is 276 Å². The second-order valence-electron chi connectivity index (χ2n) is 11.9. The summed E-state index contributed by atoms with van der Waals surface area (Å²) in [5.41, 5.74) is 1.54. The van der Waals surface area contributed by atoms with E-state index in [2.05, 4.69) is 9.62 Å². The Morgan fingerprint density at radius 1 is 0.979 bits per heavy atom. The molecule has 2 N–H and O–H groups in total. The van der Waals surface area contributed by atoms with Crippen LogP contribution >= 0.6 is 0 Å². The van der Waals surface area contributed by atoms with Gasteiger partial charge in [0, 0.05) is 31.2 Å². The molecule has 10 nitrogen and oxygen atoms in total. The van der Waals surface area contributed by atoms with Crippen molar-refractivity contribution in [3.63, 3.8) is 0 Å². The SMILES string of the molecule is COc1ccc(S(=O)(=O)Nc2ccc3c(c2)C(=O)N([C@H](C)CO)C[C@@H](C)[C@@H](CN(C)Cc2ccc(Oc4ccccc4)cc2)O3)cc1. The molecule has 3 atom stereocenters. The van der Waals surface area contributed by atoms with Gasteiger partial charge in [-0.25, -0.2) is 8.42 Å². The summed E-state index contributed by atoms with van der Waals surface area (Å²) in [6.07, 6.45) is -0.303. The van der Waals surface area contributed by atoms with Gasteiger partial charge in [0.1, 0.15) is 29.1 Å². The Kier molecular flexibility index (Phi) is 10.7. The van der Waals surface area contributed by atoms with Gasteiger partial charge in [-0.3, -0.25) is 14.4 Å². The molecule has 0 fully saturated rings. The Hall–Kier alpha value is -4.58. The van der Waals surface area contributed by atoms with Crippen molar-refractivity contribution in [1.29, 1.82) is 0 Å². The van der Waals surface area contributed by atoms with Crippen molar-refractivity contribution < 1.29 is 32.5 Å². The number of aliphatic hydroxyl groups excluding tert-OH is 1. The molecular formula is C36H41N3O7S. The Balaban J connectivity index is 1.33. The van der Waals surface area contributed by atoms with Crippen LogP contribution in [0.25, 0.3) is 0 Å². The normalized spacial score (nSPS) is 17.2. The maximum Gasteiger partial charge on any atom is 0.261 e. The van der Waals surface area contributed by atoms with Crippen molar-refractivity contribution in [2.75, 3.05) is 38.6 Å². The van der Waals surface area contributed by atoms with Crippen LogP contribution in [0.1, 0.15) is 29.8 Å². The fraction of sp³-hybridized carbons (Fsp3) is 0.306. The highest BCUT2D eigenvalue weighted by atomic mass is 32.2. The van der Waals surface area contributed by atoms with Crippen molar-refractivity contribution in [2.24, 2.45) is 5.92 Å². The number of para-hydroxylation sites is 1. The molecule has 1 amide bonds. The number of carbonyl (C=O) groups excluding carboxylic acids is 1. The van der Waals surface area contributed by atoms with Crippen LogP contribution in [0.5, 0.6) is 23.0 Å². The van der Waals surface area contributed by atoms with E-state index in [9.17, 15) is 18.3 Å². The number of fused-ring (bicyclic) bond motifs is 1. The zero-order valence-corrected chi connectivity index (χ0v) is 27.8. The number of sulfonamides is 1. The molecule has 47 heavy (non-hydrogen) atoms. The zero-order chi connectivity index (χ0) is 33.6. The fourth-order valence-corrected chi connectivity index (χ4v) is 6.49. The zero-order valence-electron chi connectivity index (χ0n) is 27.0. The first-order chi connectivity index (χ1) is 22.6. The molecule has 0 aliphatic carbocycles. The third-order valence-electron chi connectivity index (χ3n) is 8.13. The molecule has 248 valence electrons. The van der Waals surface area contributed by atoms with E-state index >= 15 is 0 Å². The van der Waals surface area contributed by atoms with Crippen LogP contribution in [0, 0.1) is 5.92 Å². The third kappa shape index (κ3) is 8.42. The Bertz CT molecular complexity index is 1750. The van der Waals surface area contributed by atoms with E-state index < -0.39 is 16.1 Å². The van der Waals surface area contributed by atoms with Gasteiger partial charge in [0.05, 0.1) is 30.2 Å². The van der Waals surface area contributed by atoms with Gasteiger partial charge in [-0.2, -0.15) is 0 Å². The van der Waals surface area contributed by atoms with Crippen molar-refractivity contribution in [3.05, 3.63) is 108 Å². The highest BCUT2D eigenvalue weighted by Gasteiger charge is 2.34. The number of ether oxygens (including phenoxy) is 3. The summed E-state index contributed by atoms with van der Waals surface area (Å²) >= 11 is 0. The summed E-state index contributed by atoms with van der Waals surface area (Å²) in [5.74, 6) is 2.00. The summed E-state index contributed by atoms with van der Waals surface area (Å²) < 4.78 is 46.4. The lowest BCUT2D eigenvalue weighted by Crippen LogP contribution is -2.49. The minimum atomic E-state index is -3.94. The number of hydrogen-bond acceptors (Lipinski definition) is 8. The van der Waals surface area contributed by atoms with Crippen molar-refractivity contribution in [2.45, 2.75) is 37.4 Å². The van der Waals surface area contributed by atoms with E-state index in [1.54, 1.807) is 36.1 Å². The number of carbonyl (C=O) groups is 1. The van der Waals surface area contributed by atoms with Crippen LogP contribution in [-0.2, 0) is 16.6 Å². The van der Waals surface area contributed by atoms with E-state index in [0.717, 1.165) is 17.1 Å². The fourth-order valence-electron chi connectivity index (χ4n) is 5.44. The number of hydrogen-bond donors (Lipinski definition) is 2. The Morgan fingerprint density at radius 3 is 2.30 bits per heavy atom. The molecule has 0 unspecified atom stereocenters. The van der Waals surface area contributed by atoms with E-state index in [1.165, 1.54) is 25.3 Å². The molecule has 1 aliphatic rings. The van der Waals surface area contributed by atoms with Crippen LogP contribution in [0.4, 0.5) is 5.69 Å². The molecular weight excluding hydrogens is 618 g/mol. The predicted molar refractivity (Wildman–Crippen MR) is 181 cm³/mol. The first kappa shape index (κ1) is 33.8. The maximum atomic E-state index is 13.8. The summed E-state index contributed by atoms with van der Waals surface area (Å²) in [6.45, 7) is 5.17. The number of anilines is 1. The van der Waals surface area contributed by atoms with Gasteiger partial charge in [0.25, 0.3) is 15.9 Å². The number of aliphatic hydroxyl groups is 1. The van der Waals surface area contributed by atoms with Gasteiger partial charge in [0.2, 0.25) is 0 Å². The van der Waals surface area contributed by atoms with Gasteiger partial charge >= 0.3 is 0 Å². The van der Waals surface area contributed by atoms with E-state index in [-0.39, 0.29) is 40.7 Å². The molecule has 0 saturated heterocycles. The van der Waals surface area contributed by atoms with Crippen molar-refractivity contribution in [3.8, 4) is 23.0 Å². The first-order valence-corrected chi connectivity index (χ1v) is 16.9. The molecule has 4 aromatic rings. The molecule has 5 rings (SSSR count). The lowest BCUT2D eigenvalue weighted by Gasteiger charge is -2.38. The minimum Gasteiger partial charge on any atom is -0.497 e. The second kappa shape index (κ2) is 14.9. The van der Waals surface area contributed by atoms with Crippen LogP contribution in [0.3, 0.4) is 0 Å². The summed E-state index contributed by atoms with van der Waals surface area (Å²) in [6, 6.07) is 27.8. The number of benzene rings is 4. The van der Waals surface area contributed by atoms with Gasteiger partial charge in [-0.15, -0.1) is 0 Å². The molecule has 0 spiro atoms. The molecule has 0 radical (unpaired) electrons. The highest BCUT2D eigenvalue weighted by molar-refractivity contribution is 7.92. The average molecular weight is 660 g/mol. The van der Waals surface area contributed by atoms with Crippen LogP contribution < -0.4 is 18.9 Å². The molecule has 11 heteroatoms. The largest absolute Gasteiger partial charge is 0.497 e. The number of nitrogens with one attached hydrogen (secondary N) is 1. The molecule has 1 aliphatic heterocycles. The van der Waals surface area contributed by atoms with Crippen LogP contribution in [-0.4, -0.2) is 75.2 Å². The third-order valence-corrected chi connectivity index (χ3v) is 9.53. The highest BCUT2D eigenvalue weighted by Crippen LogP contribution is 2.32. The van der Waals surface area contributed by atoms with E-state index in [4.69, 9.17) is 14.2 Å². The molecule has 0 saturated carbocycles. The monoisotopic (exact) mass is 659 g/mol. The van der Waals surface area contributed by atoms with Gasteiger partial charge in [0.15, 0.2) is 0 Å². The van der Waals surface area contributed by atoms with E-state index in [0.29, 0.717) is 31.1 Å². The van der Waals surface area contributed by atoms with Gasteiger partial charge in [-0.1, -0.05) is 37.3 Å². The van der Waals surface area contributed by atoms with Crippen molar-refractivity contribution >= 4 is 21.6 Å². The van der Waals surface area contributed by atoms with Crippen LogP contribution in [0.2, 0.25) is 0 Å². The number of amides is 1. The first-order valence-electron chi connectivity index (χ1n) is 15.5. The topological polar surface area (TPSA) is 118 Å². The second-order valence-corrected chi connectivity index (χ2v) is 13.6. The quantitative estimate of drug-likeness (QED) is 0.201. The maximum absolute atomic E-state index is 13.8. The molecule has 4 aromatic carbocycles. The number of methoxy groups -OCH3 is 1. The predicted octanol–water partition coefficient (Wildman–Crippen LogP) is 5.64. The smallest absolute Gasteiger partial charge is 0.261 e. The molecule has 0 aromatic heterocycles. The summed E-state index contributed by atoms with van der Waals surface area (Å²) in [4.78, 5) is 17.7. The summed E-state index contributed by atoms with van der Waals surface area (Å²) in [5, 5.41) is 10.0. The standard InChI is InChI=1S/C36H41N3O7S/c1-25-21-39(26(2)24-40)36(41)33-20-28(37-47(42,43)32-17-15-29(44-4)16-18-32)12-19-34(33)46-35(25)23-38(3)22-27-10-13-31(14-11-27)45-30-8-6-5-7-9-30/h5-20,25-26,35,37,40H,21-24H2,1-4H3/t25-,26-,35-/m1/s1. The molecule has 1 heterocycles. The lowest BCUT2D eigenvalue weighted by atomic mass is 9.99.